The summed E-state index contributed by atoms with van der Waals surface area (Å²) in [6.07, 6.45) is 39.2. The third-order valence-corrected chi connectivity index (χ3v) is 15.2. The third-order valence-electron chi connectivity index (χ3n) is 15.2. The van der Waals surface area contributed by atoms with Gasteiger partial charge in [0.25, 0.3) is 0 Å². The number of carbonyl (C=O) groups excluding carboxylic acids is 16. The molecule has 32 heteroatoms. The number of carbonyl (C=O) groups is 16. The van der Waals surface area contributed by atoms with Crippen molar-refractivity contribution in [1.29, 1.82) is 0 Å². The summed E-state index contributed by atoms with van der Waals surface area (Å²) >= 11 is 0. The highest BCUT2D eigenvalue weighted by molar-refractivity contribution is 5.82. The molecule has 0 saturated heterocycles. The summed E-state index contributed by atoms with van der Waals surface area (Å²) in [7, 11) is 5.38. The number of amides is 6. The van der Waals surface area contributed by atoms with Crippen LogP contribution in [0.1, 0.15) is 304 Å². The Kier molecular flexibility index (Phi) is 89.9. The number of ether oxygens (including phenoxy) is 2. The van der Waals surface area contributed by atoms with E-state index in [1.54, 1.807) is 0 Å². The lowest BCUT2D eigenvalue weighted by molar-refractivity contribution is -0.307. The lowest BCUT2D eigenvalue weighted by atomic mass is 9.80. The van der Waals surface area contributed by atoms with Gasteiger partial charge in [-0.3, -0.25) is 38.4 Å². The van der Waals surface area contributed by atoms with Gasteiger partial charge in [-0.2, -0.15) is 0 Å². The molecule has 0 aliphatic heterocycles. The molecule has 0 radical (unpaired) electrons. The minimum absolute atomic E-state index is 0.00116. The number of allylic oxidation sites excluding steroid dienone is 2. The molecule has 0 bridgehead atoms. The van der Waals surface area contributed by atoms with Crippen LogP contribution in [0.2, 0.25) is 0 Å². The molecule has 0 aromatic carbocycles. The Morgan fingerprint density at radius 1 is 0.299 bits per heavy atom. The minimum Gasteiger partial charge on any atom is -0.550 e. The quantitative estimate of drug-likeness (QED) is 0.0262. The molecular weight excluding hydrogens is 1400 g/mol. The van der Waals surface area contributed by atoms with E-state index in [2.05, 4.69) is 67.4 Å². The third kappa shape index (κ3) is 113. The van der Waals surface area contributed by atoms with Crippen molar-refractivity contribution in [2.75, 3.05) is 54.5 Å². The highest BCUT2D eigenvalue weighted by atomic mass is 16.5. The van der Waals surface area contributed by atoms with Gasteiger partial charge in [-0.15, -0.1) is 0 Å². The molecule has 0 aliphatic rings. The van der Waals surface area contributed by atoms with Crippen molar-refractivity contribution in [3.63, 3.8) is 0 Å². The molecule has 2 unspecified atom stereocenters. The van der Waals surface area contributed by atoms with E-state index in [-0.39, 0.29) is 151 Å². The molecule has 0 heterocycles. The Bertz CT molecular complexity index is 2300. The molecule has 0 aromatic heterocycles. The molecular formula is C75H128N6O26-8. The summed E-state index contributed by atoms with van der Waals surface area (Å²) in [5.41, 5.74) is 0. The normalized spacial score (nSPS) is 10.5. The molecule has 32 nitrogen and oxygen atoms in total. The lowest BCUT2D eigenvalue weighted by Gasteiger charge is -2.26. The maximum Gasteiger partial charge on any atom is 0.305 e. The predicted molar refractivity (Wildman–Crippen MR) is 382 cm³/mol. The largest absolute Gasteiger partial charge is 0.550 e. The van der Waals surface area contributed by atoms with E-state index >= 15 is 0 Å². The zero-order valence-corrected chi connectivity index (χ0v) is 65.2. The van der Waals surface area contributed by atoms with Crippen LogP contribution in [0.4, 0.5) is 0 Å². The van der Waals surface area contributed by atoms with Crippen LogP contribution < -0.4 is 72.8 Å². The molecule has 0 spiro atoms. The fourth-order valence-electron chi connectivity index (χ4n) is 9.22. The van der Waals surface area contributed by atoms with Gasteiger partial charge in [-0.1, -0.05) is 161 Å². The zero-order valence-electron chi connectivity index (χ0n) is 65.2. The number of methoxy groups -OCH3 is 2. The minimum atomic E-state index is -1.24. The molecule has 2 atom stereocenters. The van der Waals surface area contributed by atoms with Gasteiger partial charge in [-0.05, 0) is 102 Å². The van der Waals surface area contributed by atoms with Crippen LogP contribution in [-0.2, 0) is 86.2 Å². The van der Waals surface area contributed by atoms with Gasteiger partial charge in [0.1, 0.15) is 0 Å². The Hall–Kier alpha value is -8.74. The first-order valence-electron chi connectivity index (χ1n) is 37.5. The summed E-state index contributed by atoms with van der Waals surface area (Å²) in [4.78, 5) is 164. The number of carboxylic acids is 8. The molecule has 6 N–H and O–H groups in total. The van der Waals surface area contributed by atoms with Gasteiger partial charge in [0.15, 0.2) is 0 Å². The van der Waals surface area contributed by atoms with Crippen LogP contribution in [0.3, 0.4) is 0 Å². The van der Waals surface area contributed by atoms with Crippen molar-refractivity contribution in [3.8, 4) is 0 Å². The number of esters is 2. The van der Waals surface area contributed by atoms with Crippen LogP contribution in [-0.4, -0.2) is 150 Å². The fourth-order valence-corrected chi connectivity index (χ4v) is 9.22. The van der Waals surface area contributed by atoms with Gasteiger partial charge in [-0.25, -0.2) is 0 Å². The van der Waals surface area contributed by atoms with E-state index in [0.717, 1.165) is 44.4 Å². The zero-order chi connectivity index (χ0) is 82.7. The smallest absolute Gasteiger partial charge is 0.305 e. The van der Waals surface area contributed by atoms with Gasteiger partial charge in [0.2, 0.25) is 35.4 Å². The molecule has 6 amide bonds. The van der Waals surface area contributed by atoms with Crippen molar-refractivity contribution in [2.45, 2.75) is 304 Å². The lowest BCUT2D eigenvalue weighted by Crippen LogP contribution is -2.29. The molecule has 0 aromatic rings. The highest BCUT2D eigenvalue weighted by Gasteiger charge is 2.19. The van der Waals surface area contributed by atoms with Crippen LogP contribution in [0.5, 0.6) is 0 Å². The van der Waals surface area contributed by atoms with E-state index in [1.807, 2.05) is 0 Å². The molecule has 0 rings (SSSR count). The Morgan fingerprint density at radius 3 is 0.907 bits per heavy atom. The summed E-state index contributed by atoms with van der Waals surface area (Å²) < 4.78 is 8.45. The molecule has 622 valence electrons. The molecule has 0 aliphatic carbocycles. The van der Waals surface area contributed by atoms with Crippen LogP contribution in [0.15, 0.2) is 12.2 Å². The molecule has 0 saturated carbocycles. The topological polar surface area (TPSA) is 548 Å². The average Bonchev–Trinajstić information content (AvgIpc) is 0.916. The van der Waals surface area contributed by atoms with Crippen molar-refractivity contribution in [3.05, 3.63) is 12.2 Å². The SMILES string of the molecule is CC(=O)NCCC(=O)[O-].CC(=O)NCCC(=O)[O-].CCCCCCCCC(/C=C/CCCCCCCNC(=O)CCC(=O)[O-])C(CCCCCCCC)CCCCCCCCCNC(=O)CCC(=O)[O-].CNC(=O)CCC(=O)[O-].CNC(=O)CCC(=O)[O-].COC(=O)CCC(=O)[O-].COC(=O)CCCC(=O)[O-]. The van der Waals surface area contributed by atoms with E-state index in [4.69, 9.17) is 0 Å². The second kappa shape index (κ2) is 86.2. The van der Waals surface area contributed by atoms with E-state index in [0.29, 0.717) is 19.0 Å². The van der Waals surface area contributed by atoms with Gasteiger partial charge in [0.05, 0.1) is 20.6 Å². The Morgan fingerprint density at radius 2 is 0.589 bits per heavy atom. The average molecular weight is 1530 g/mol. The fraction of sp³-hybridized carbons (Fsp3) is 0.760. The van der Waals surface area contributed by atoms with Crippen LogP contribution >= 0.6 is 0 Å². The number of hydrogen-bond donors (Lipinski definition) is 6. The first kappa shape index (κ1) is 112. The van der Waals surface area contributed by atoms with Crippen LogP contribution in [0.25, 0.3) is 0 Å². The van der Waals surface area contributed by atoms with E-state index < -0.39 is 53.7 Å². The summed E-state index contributed by atoms with van der Waals surface area (Å²) in [5, 5.41) is 94.2. The summed E-state index contributed by atoms with van der Waals surface area (Å²) in [5.74, 6) is -10.3. The monoisotopic (exact) mass is 1530 g/mol. The highest BCUT2D eigenvalue weighted by Crippen LogP contribution is 2.31. The first-order chi connectivity index (χ1) is 50.7. The summed E-state index contributed by atoms with van der Waals surface area (Å²) in [6, 6.07) is 0. The van der Waals surface area contributed by atoms with Crippen molar-refractivity contribution in [1.82, 2.24) is 31.9 Å². The van der Waals surface area contributed by atoms with Gasteiger partial charge >= 0.3 is 11.9 Å². The van der Waals surface area contributed by atoms with E-state index in [1.165, 1.54) is 183 Å². The van der Waals surface area contributed by atoms with Crippen molar-refractivity contribution in [2.24, 2.45) is 11.8 Å². The number of carboxylic acid groups (broad SMARTS) is 8. The standard InChI is InChI=1S/C44H82N2O6.C6H10O4.4C5H9NO3.C5H8O4/c1-3-5-7-9-17-23-29-39(31-25-19-13-11-15-21-27-37-45-41(47)33-35-43(49)50)40(30-24-18-10-8-6-4-2)32-26-20-14-12-16-22-28-38-46-42(48)34-36-44(51)52;1-10-6(9)4-2-3-5(7)8;2*1-6-4(7)2-3-5(8)9;2*1-4(7)6-3-2-5(8)9;1-9-5(8)3-2-4(6)7/h25,31,39-40H,3-24,26-30,32-38H2,1-2H3,(H,45,47)(H,46,48)(H,49,50)(H,51,52);2-4H2,1H3,(H,7,8);4*2-3H2,1H3,(H,6,7)(H,8,9);2-3H2,1H3,(H,6,7)/p-8/b31-25+;;;;;;. The number of hydrogen-bond acceptors (Lipinski definition) is 26. The van der Waals surface area contributed by atoms with Gasteiger partial charge in [0, 0.05) is 147 Å². The number of nitrogens with one attached hydrogen (secondary N) is 6. The molecule has 0 fully saturated rings. The molecule has 107 heavy (non-hydrogen) atoms. The van der Waals surface area contributed by atoms with Crippen molar-refractivity contribution >= 4 is 95.1 Å². The van der Waals surface area contributed by atoms with E-state index in [9.17, 15) is 118 Å². The predicted octanol–water partition coefficient (Wildman–Crippen LogP) is -0.151. The Balaban J connectivity index is -0.000000286. The second-order valence-electron chi connectivity index (χ2n) is 24.8. The maximum absolute atomic E-state index is 11.6. The number of rotatable bonds is 59. The first-order valence-corrected chi connectivity index (χ1v) is 37.5. The Labute approximate surface area is 634 Å². The summed E-state index contributed by atoms with van der Waals surface area (Å²) in [6.45, 7) is 8.77. The number of aliphatic carboxylic acids is 8. The second-order valence-corrected chi connectivity index (χ2v) is 24.8. The van der Waals surface area contributed by atoms with Crippen LogP contribution in [0, 0.1) is 11.8 Å². The van der Waals surface area contributed by atoms with Crippen molar-refractivity contribution < 1.29 is 127 Å². The maximum atomic E-state index is 11.6. The van der Waals surface area contributed by atoms with Gasteiger partial charge < -0.3 is 121 Å². The number of unbranched alkanes of at least 4 members (excludes halogenated alkanes) is 21.